The first kappa shape index (κ1) is 19.0. The SMILES string of the molecule is F.F.[CH3][Ti]([CH3])(=[SiH2])([CH]1C=Cc2ccccc21)[CH]1C=Cc2ccccc21. The fraction of sp³-hybridized carbons (Fsp3) is 0.200. The molecule has 2 aromatic carbocycles. The number of allylic oxidation sites excluding steroid dienone is 2. The van der Waals surface area contributed by atoms with Gasteiger partial charge in [0, 0.05) is 0 Å². The Balaban J connectivity index is 0.00000104. The van der Waals surface area contributed by atoms with Gasteiger partial charge in [-0.15, -0.1) is 0 Å². The molecule has 0 spiro atoms. The van der Waals surface area contributed by atoms with Crippen molar-refractivity contribution in [3.8, 4) is 0 Å². The van der Waals surface area contributed by atoms with Gasteiger partial charge in [-0.1, -0.05) is 0 Å². The second-order valence-electron chi connectivity index (χ2n) is 7.87. The van der Waals surface area contributed by atoms with E-state index in [1.54, 1.807) is 11.1 Å². The summed E-state index contributed by atoms with van der Waals surface area (Å²) in [5, 5.41) is 5.26. The Bertz CT molecular complexity index is 825. The normalized spacial score (nSPS) is 20.8. The summed E-state index contributed by atoms with van der Waals surface area (Å²) < 4.78 is 1.26. The van der Waals surface area contributed by atoms with Crippen LogP contribution in [-0.2, 0) is 14.0 Å². The molecular formula is C20H24F2SiTi. The maximum absolute atomic E-state index is 2.78. The van der Waals surface area contributed by atoms with Crippen molar-refractivity contribution in [1.82, 2.24) is 0 Å². The molecule has 4 heteroatoms. The summed E-state index contributed by atoms with van der Waals surface area (Å²) in [6, 6.07) is 17.9. The molecule has 2 atom stereocenters. The molecule has 0 aliphatic heterocycles. The molecule has 24 heavy (non-hydrogen) atoms. The van der Waals surface area contributed by atoms with Crippen molar-refractivity contribution in [3.63, 3.8) is 0 Å². The van der Waals surface area contributed by atoms with E-state index in [2.05, 4.69) is 90.9 Å². The van der Waals surface area contributed by atoms with E-state index in [-0.39, 0.29) is 9.41 Å². The van der Waals surface area contributed by atoms with Crippen LogP contribution in [0.5, 0.6) is 0 Å². The summed E-state index contributed by atoms with van der Waals surface area (Å²) in [4.78, 5) is 0. The Kier molecular flexibility index (Phi) is 4.93. The van der Waals surface area contributed by atoms with E-state index in [9.17, 15) is 0 Å². The van der Waals surface area contributed by atoms with Crippen LogP contribution in [0.1, 0.15) is 30.7 Å². The summed E-state index contributed by atoms with van der Waals surface area (Å²) in [6.45, 7) is 0. The average Bonchev–Trinajstić information content (AvgIpc) is 3.12. The molecule has 0 amide bonds. The number of rotatable bonds is 2. The van der Waals surface area contributed by atoms with Crippen molar-refractivity contribution in [1.29, 1.82) is 0 Å². The first-order chi connectivity index (χ1) is 10.5. The van der Waals surface area contributed by atoms with Crippen molar-refractivity contribution >= 4 is 19.8 Å². The molecule has 126 valence electrons. The fourth-order valence-electron chi connectivity index (χ4n) is 4.35. The topological polar surface area (TPSA) is 0 Å². The van der Waals surface area contributed by atoms with Crippen LogP contribution in [0.15, 0.2) is 60.7 Å². The van der Waals surface area contributed by atoms with Crippen molar-refractivity contribution in [2.24, 2.45) is 0 Å². The van der Waals surface area contributed by atoms with Gasteiger partial charge >= 0.3 is 136 Å². The maximum atomic E-state index is 2.63. The van der Waals surface area contributed by atoms with Gasteiger partial charge in [-0.2, -0.15) is 0 Å². The molecule has 4 rings (SSSR count). The zero-order valence-electron chi connectivity index (χ0n) is 14.1. The molecule has 0 radical (unpaired) electrons. The van der Waals surface area contributed by atoms with Crippen molar-refractivity contribution in [3.05, 3.63) is 82.9 Å². The van der Waals surface area contributed by atoms with Crippen molar-refractivity contribution < 1.29 is 23.5 Å². The quantitative estimate of drug-likeness (QED) is 0.633. The Morgan fingerprint density at radius 3 is 1.50 bits per heavy atom. The van der Waals surface area contributed by atoms with Crippen LogP contribution in [0.2, 0.25) is 10.5 Å². The standard InChI is InChI=1S/2C9H7.2CH3.2FH.H2Si.Ti/c2*1-2-5-9-7-3-6-8(9)4-1;;;;;;/h2*1-7H;2*1H3;2*1H;1H2;. The minimum atomic E-state index is -2.78. The van der Waals surface area contributed by atoms with Crippen molar-refractivity contribution in [2.75, 3.05) is 0 Å². The fourth-order valence-corrected chi connectivity index (χ4v) is 14.2. The number of halogens is 2. The van der Waals surface area contributed by atoms with Gasteiger partial charge in [-0.25, -0.2) is 0 Å². The third-order valence-corrected chi connectivity index (χ3v) is 17.2. The first-order valence-electron chi connectivity index (χ1n) is 8.07. The molecule has 0 saturated heterocycles. The van der Waals surface area contributed by atoms with Gasteiger partial charge in [0.05, 0.1) is 0 Å². The molecule has 2 aromatic rings. The third-order valence-electron chi connectivity index (χ3n) is 5.64. The van der Waals surface area contributed by atoms with Crippen LogP contribution in [-0.4, -0.2) is 7.63 Å². The van der Waals surface area contributed by atoms with Crippen molar-refractivity contribution in [2.45, 2.75) is 18.9 Å². The molecule has 0 nitrogen and oxygen atoms in total. The molecule has 2 unspecified atom stereocenters. The van der Waals surface area contributed by atoms with Gasteiger partial charge in [0.15, 0.2) is 0 Å². The summed E-state index contributed by atoms with van der Waals surface area (Å²) in [6.07, 6.45) is 9.66. The summed E-state index contributed by atoms with van der Waals surface area (Å²) >= 11 is -2.78. The van der Waals surface area contributed by atoms with Crippen LogP contribution >= 0.6 is 0 Å². The average molecular weight is 378 g/mol. The van der Waals surface area contributed by atoms with Gasteiger partial charge in [0.1, 0.15) is 0 Å². The molecule has 2 aliphatic carbocycles. The van der Waals surface area contributed by atoms with Gasteiger partial charge < -0.3 is 0 Å². The number of benzene rings is 2. The van der Waals surface area contributed by atoms with Crippen LogP contribution < -0.4 is 0 Å². The first-order valence-corrected chi connectivity index (χ1v) is 17.0. The molecule has 0 N–H and O–H groups in total. The summed E-state index contributed by atoms with van der Waals surface area (Å²) in [7, 11) is 2.36. The van der Waals surface area contributed by atoms with Gasteiger partial charge in [0.25, 0.3) is 0 Å². The second-order valence-corrected chi connectivity index (χ2v) is 28.2. The van der Waals surface area contributed by atoms with Crippen LogP contribution in [0.25, 0.3) is 12.2 Å². The number of hydrogen-bond donors (Lipinski definition) is 0. The van der Waals surface area contributed by atoms with E-state index < -0.39 is 14.0 Å². The minimum absolute atomic E-state index is 0. The van der Waals surface area contributed by atoms with Crippen LogP contribution in [0.3, 0.4) is 0 Å². The zero-order valence-corrected chi connectivity index (χ0v) is 17.1. The Labute approximate surface area is 144 Å². The predicted octanol–water partition coefficient (Wildman–Crippen LogP) is 5.16. The Morgan fingerprint density at radius 2 is 1.08 bits per heavy atom. The summed E-state index contributed by atoms with van der Waals surface area (Å²) in [5.74, 6) is 0. The Morgan fingerprint density at radius 1 is 0.708 bits per heavy atom. The predicted molar refractivity (Wildman–Crippen MR) is 102 cm³/mol. The third kappa shape index (κ3) is 2.69. The van der Waals surface area contributed by atoms with Crippen LogP contribution in [0.4, 0.5) is 9.41 Å². The van der Waals surface area contributed by atoms with E-state index in [4.69, 9.17) is 0 Å². The van der Waals surface area contributed by atoms with Gasteiger partial charge in [-0.05, 0) is 0 Å². The van der Waals surface area contributed by atoms with E-state index in [1.807, 2.05) is 0 Å². The monoisotopic (exact) mass is 378 g/mol. The van der Waals surface area contributed by atoms with Gasteiger partial charge in [-0.3, -0.25) is 9.41 Å². The number of hydrogen-bond acceptors (Lipinski definition) is 0. The Hall–Kier alpha value is -1.29. The molecule has 0 fully saturated rings. The molecule has 0 bridgehead atoms. The molecule has 0 heterocycles. The second kappa shape index (κ2) is 6.21. The van der Waals surface area contributed by atoms with E-state index in [0.717, 1.165) is 0 Å². The number of fused-ring (bicyclic) bond motifs is 2. The zero-order chi connectivity index (χ0) is 15.4. The van der Waals surface area contributed by atoms with Crippen LogP contribution in [0, 0.1) is 0 Å². The van der Waals surface area contributed by atoms with Gasteiger partial charge in [0.2, 0.25) is 0 Å². The molecule has 0 aromatic heterocycles. The van der Waals surface area contributed by atoms with E-state index in [0.29, 0.717) is 8.45 Å². The summed E-state index contributed by atoms with van der Waals surface area (Å²) in [5.41, 5.74) is 5.96. The molecule has 2 aliphatic rings. The molecular weight excluding hydrogens is 354 g/mol. The molecule has 0 saturated carbocycles. The van der Waals surface area contributed by atoms with E-state index in [1.165, 1.54) is 11.1 Å². The van der Waals surface area contributed by atoms with E-state index >= 15 is 0 Å².